The van der Waals surface area contributed by atoms with Crippen LogP contribution in [0.25, 0.3) is 0 Å². The summed E-state index contributed by atoms with van der Waals surface area (Å²) in [6.07, 6.45) is 1.34. The molecule has 1 saturated heterocycles. The number of carbonyl (C=O) groups is 2. The third kappa shape index (κ3) is 5.74. The van der Waals surface area contributed by atoms with Crippen molar-refractivity contribution in [2.24, 2.45) is 0 Å². The number of nitrogens with zero attached hydrogens (tertiary/aromatic N) is 2. The molecule has 1 aliphatic heterocycles. The lowest BCUT2D eigenvalue weighted by atomic mass is 10.1. The van der Waals surface area contributed by atoms with Crippen LogP contribution in [0, 0.1) is 17.0 Å². The number of nitro benzene ring substituents is 1. The first-order valence-electron chi connectivity index (χ1n) is 10.5. The Balaban J connectivity index is 1.72. The maximum Gasteiger partial charge on any atom is 0.338 e. The standard InChI is InChI=1S/C22H25N3O7S/c1-15-9-10-17(13-20(15)33(30,31)24-11-4-3-5-12-24)22(27)32-16(2)21(26)23-18-7-6-8-19(14-18)25(28)29/h6-10,13-14,16H,3-5,11-12H2,1-2H3,(H,23,26). The highest BCUT2D eigenvalue weighted by molar-refractivity contribution is 7.89. The van der Waals surface area contributed by atoms with Crippen LogP contribution in [0.3, 0.4) is 0 Å². The molecule has 0 saturated carbocycles. The number of piperidine rings is 1. The summed E-state index contributed by atoms with van der Waals surface area (Å²) in [5, 5.41) is 13.3. The molecule has 0 spiro atoms. The second kappa shape index (κ2) is 10.1. The van der Waals surface area contributed by atoms with E-state index in [4.69, 9.17) is 4.74 Å². The molecular weight excluding hydrogens is 450 g/mol. The van der Waals surface area contributed by atoms with Crippen LogP contribution < -0.4 is 5.32 Å². The van der Waals surface area contributed by atoms with Gasteiger partial charge in [0.05, 0.1) is 15.4 Å². The average Bonchev–Trinajstić information content (AvgIpc) is 2.79. The largest absolute Gasteiger partial charge is 0.449 e. The monoisotopic (exact) mass is 475 g/mol. The molecular formula is C22H25N3O7S. The summed E-state index contributed by atoms with van der Waals surface area (Å²) in [5.74, 6) is -1.54. The van der Waals surface area contributed by atoms with Crippen LogP contribution >= 0.6 is 0 Å². The van der Waals surface area contributed by atoms with Crippen molar-refractivity contribution in [3.05, 3.63) is 63.7 Å². The van der Waals surface area contributed by atoms with E-state index in [9.17, 15) is 28.1 Å². The molecule has 0 bridgehead atoms. The number of amides is 1. The number of rotatable bonds is 7. The van der Waals surface area contributed by atoms with Gasteiger partial charge in [0.15, 0.2) is 6.10 Å². The first-order chi connectivity index (χ1) is 15.6. The Hall–Kier alpha value is -3.31. The Bertz CT molecular complexity index is 1170. The average molecular weight is 476 g/mol. The number of non-ortho nitro benzene ring substituents is 1. The van der Waals surface area contributed by atoms with Crippen molar-refractivity contribution in [2.45, 2.75) is 44.1 Å². The summed E-state index contributed by atoms with van der Waals surface area (Å²) in [6, 6.07) is 9.60. The molecule has 0 aromatic heterocycles. The molecule has 1 amide bonds. The number of carbonyl (C=O) groups excluding carboxylic acids is 2. The minimum Gasteiger partial charge on any atom is -0.449 e. The maximum absolute atomic E-state index is 13.1. The third-order valence-corrected chi connectivity index (χ3v) is 7.37. The summed E-state index contributed by atoms with van der Waals surface area (Å²) >= 11 is 0. The van der Waals surface area contributed by atoms with E-state index in [1.807, 2.05) is 0 Å². The molecule has 11 heteroatoms. The van der Waals surface area contributed by atoms with E-state index in [1.54, 1.807) is 6.92 Å². The Labute approximate surface area is 191 Å². The smallest absolute Gasteiger partial charge is 0.338 e. The quantitative estimate of drug-likeness (QED) is 0.369. The summed E-state index contributed by atoms with van der Waals surface area (Å²) in [5.41, 5.74) is 0.502. The number of aryl methyl sites for hydroxylation is 1. The lowest BCUT2D eigenvalue weighted by molar-refractivity contribution is -0.384. The highest BCUT2D eigenvalue weighted by Crippen LogP contribution is 2.25. The molecule has 2 aromatic rings. The van der Waals surface area contributed by atoms with Gasteiger partial charge in [-0.2, -0.15) is 4.31 Å². The minimum atomic E-state index is -3.75. The Morgan fingerprint density at radius 2 is 1.82 bits per heavy atom. The topological polar surface area (TPSA) is 136 Å². The van der Waals surface area contributed by atoms with Crippen molar-refractivity contribution in [2.75, 3.05) is 18.4 Å². The van der Waals surface area contributed by atoms with Gasteiger partial charge in [-0.3, -0.25) is 14.9 Å². The van der Waals surface area contributed by atoms with Crippen molar-refractivity contribution in [3.8, 4) is 0 Å². The fourth-order valence-electron chi connectivity index (χ4n) is 3.47. The van der Waals surface area contributed by atoms with Gasteiger partial charge in [-0.15, -0.1) is 0 Å². The van der Waals surface area contributed by atoms with E-state index in [2.05, 4.69) is 5.32 Å². The second-order valence-electron chi connectivity index (χ2n) is 7.79. The molecule has 1 aliphatic rings. The van der Waals surface area contributed by atoms with E-state index in [0.29, 0.717) is 18.7 Å². The van der Waals surface area contributed by atoms with E-state index in [1.165, 1.54) is 53.7 Å². The van der Waals surface area contributed by atoms with Crippen LogP contribution in [0.15, 0.2) is 47.4 Å². The van der Waals surface area contributed by atoms with Gasteiger partial charge in [0.25, 0.3) is 11.6 Å². The molecule has 0 aliphatic carbocycles. The number of benzene rings is 2. The summed E-state index contributed by atoms with van der Waals surface area (Å²) < 4.78 is 32.7. The summed E-state index contributed by atoms with van der Waals surface area (Å²) in [6.45, 7) is 3.88. The number of sulfonamides is 1. The van der Waals surface area contributed by atoms with E-state index < -0.39 is 32.9 Å². The second-order valence-corrected chi connectivity index (χ2v) is 9.70. The Morgan fingerprint density at radius 3 is 2.48 bits per heavy atom. The fourth-order valence-corrected chi connectivity index (χ4v) is 5.24. The third-order valence-electron chi connectivity index (χ3n) is 5.33. The number of esters is 1. The van der Waals surface area contributed by atoms with E-state index >= 15 is 0 Å². The number of hydrogen-bond donors (Lipinski definition) is 1. The maximum atomic E-state index is 13.1. The zero-order valence-electron chi connectivity index (χ0n) is 18.3. The predicted molar refractivity (Wildman–Crippen MR) is 120 cm³/mol. The summed E-state index contributed by atoms with van der Waals surface area (Å²) in [7, 11) is -3.75. The molecule has 1 unspecified atom stereocenters. The van der Waals surface area contributed by atoms with Crippen molar-refractivity contribution in [1.82, 2.24) is 4.31 Å². The molecule has 3 rings (SSSR count). The van der Waals surface area contributed by atoms with Crippen molar-refractivity contribution >= 4 is 33.3 Å². The molecule has 1 heterocycles. The molecule has 176 valence electrons. The first kappa shape index (κ1) is 24.3. The molecule has 1 atom stereocenters. The molecule has 0 radical (unpaired) electrons. The van der Waals surface area contributed by atoms with Crippen LogP contribution in [0.2, 0.25) is 0 Å². The number of nitrogens with one attached hydrogen (secondary N) is 1. The van der Waals surface area contributed by atoms with Crippen molar-refractivity contribution in [1.29, 1.82) is 0 Å². The molecule has 1 N–H and O–H groups in total. The minimum absolute atomic E-state index is 0.00573. The van der Waals surface area contributed by atoms with Crippen LogP contribution in [0.1, 0.15) is 42.1 Å². The van der Waals surface area contributed by atoms with Gasteiger partial charge in [0, 0.05) is 30.9 Å². The van der Waals surface area contributed by atoms with E-state index in [0.717, 1.165) is 19.3 Å². The lowest BCUT2D eigenvalue weighted by Gasteiger charge is -2.26. The molecule has 1 fully saturated rings. The van der Waals surface area contributed by atoms with Crippen LogP contribution in [0.5, 0.6) is 0 Å². The highest BCUT2D eigenvalue weighted by Gasteiger charge is 2.29. The zero-order valence-corrected chi connectivity index (χ0v) is 19.1. The van der Waals surface area contributed by atoms with E-state index in [-0.39, 0.29) is 21.8 Å². The van der Waals surface area contributed by atoms with Gasteiger partial charge < -0.3 is 10.1 Å². The SMILES string of the molecule is Cc1ccc(C(=O)OC(C)C(=O)Nc2cccc([N+](=O)[O-])c2)cc1S(=O)(=O)N1CCCCC1. The van der Waals surface area contributed by atoms with Gasteiger partial charge in [0.1, 0.15) is 0 Å². The van der Waals surface area contributed by atoms with Crippen molar-refractivity contribution < 1.29 is 27.7 Å². The number of hydrogen-bond acceptors (Lipinski definition) is 7. The lowest BCUT2D eigenvalue weighted by Crippen LogP contribution is -2.36. The van der Waals surface area contributed by atoms with Gasteiger partial charge in [0.2, 0.25) is 10.0 Å². The molecule has 2 aromatic carbocycles. The Morgan fingerprint density at radius 1 is 1.12 bits per heavy atom. The zero-order chi connectivity index (χ0) is 24.2. The predicted octanol–water partition coefficient (Wildman–Crippen LogP) is 3.26. The number of ether oxygens (including phenoxy) is 1. The van der Waals surface area contributed by atoms with Gasteiger partial charge >= 0.3 is 5.97 Å². The van der Waals surface area contributed by atoms with Crippen LogP contribution in [-0.2, 0) is 19.6 Å². The normalized spacial score (nSPS) is 15.5. The van der Waals surface area contributed by atoms with Crippen LogP contribution in [0.4, 0.5) is 11.4 Å². The first-order valence-corrected chi connectivity index (χ1v) is 11.9. The summed E-state index contributed by atoms with van der Waals surface area (Å²) in [4.78, 5) is 35.3. The molecule has 10 nitrogen and oxygen atoms in total. The molecule has 33 heavy (non-hydrogen) atoms. The van der Waals surface area contributed by atoms with Gasteiger partial charge in [-0.05, 0) is 50.5 Å². The number of anilines is 1. The van der Waals surface area contributed by atoms with Crippen molar-refractivity contribution in [3.63, 3.8) is 0 Å². The van der Waals surface area contributed by atoms with Gasteiger partial charge in [-0.25, -0.2) is 13.2 Å². The fraction of sp³-hybridized carbons (Fsp3) is 0.364. The van der Waals surface area contributed by atoms with Crippen LogP contribution in [-0.4, -0.2) is 48.7 Å². The Kier molecular flexibility index (Phi) is 7.44. The van der Waals surface area contributed by atoms with Gasteiger partial charge in [-0.1, -0.05) is 18.6 Å². The number of nitro groups is 1. The highest BCUT2D eigenvalue weighted by atomic mass is 32.2.